The number of aliphatic imine (C=N–C) groups is 1. The van der Waals surface area contributed by atoms with E-state index in [0.29, 0.717) is 41.7 Å². The summed E-state index contributed by atoms with van der Waals surface area (Å²) >= 11 is 4.97. The minimum Gasteiger partial charge on any atom is -0.490 e. The molecule has 0 aliphatic carbocycles. The van der Waals surface area contributed by atoms with Crippen molar-refractivity contribution in [2.45, 2.75) is 27.4 Å². The highest BCUT2D eigenvalue weighted by Gasteiger charge is 2.32. The van der Waals surface area contributed by atoms with E-state index in [-0.39, 0.29) is 12.5 Å². The van der Waals surface area contributed by atoms with Crippen molar-refractivity contribution in [2.75, 3.05) is 19.7 Å². The quantitative estimate of drug-likeness (QED) is 0.428. The zero-order chi connectivity index (χ0) is 23.1. The molecule has 0 unspecified atom stereocenters. The summed E-state index contributed by atoms with van der Waals surface area (Å²) < 4.78 is 12.6. The number of carbonyl (C=O) groups excluding carboxylic acids is 1. The number of hydrogen-bond donors (Lipinski definition) is 0. The van der Waals surface area contributed by atoms with Crippen LogP contribution < -0.4 is 9.47 Å². The van der Waals surface area contributed by atoms with Crippen LogP contribution in [-0.2, 0) is 11.4 Å². The van der Waals surface area contributed by atoms with Gasteiger partial charge in [0.2, 0.25) is 0 Å². The van der Waals surface area contributed by atoms with Gasteiger partial charge in [-0.2, -0.15) is 5.26 Å². The van der Waals surface area contributed by atoms with Crippen LogP contribution in [0.4, 0.5) is 0 Å². The number of carbonyl (C=O) groups is 1. The van der Waals surface area contributed by atoms with Gasteiger partial charge in [0.1, 0.15) is 6.61 Å². The summed E-state index contributed by atoms with van der Waals surface area (Å²) in [4.78, 5) is 19.5. The first-order valence-corrected chi connectivity index (χ1v) is 12.0. The summed E-state index contributed by atoms with van der Waals surface area (Å²) in [6.07, 6.45) is 1.84. The number of amides is 1. The van der Waals surface area contributed by atoms with E-state index in [1.807, 2.05) is 57.2 Å². The summed E-state index contributed by atoms with van der Waals surface area (Å²) in [6, 6.07) is 13.2. The minimum absolute atomic E-state index is 0.0528. The molecule has 2 aromatic rings. The highest BCUT2D eigenvalue weighted by molar-refractivity contribution is 9.10. The largest absolute Gasteiger partial charge is 0.490 e. The average Bonchev–Trinajstić information content (AvgIpc) is 3.09. The number of amidine groups is 1. The first kappa shape index (κ1) is 23.9. The SMILES string of the molecule is CCN=C1S/C(=C/c2cc(OCC)c(OCc3ccccc3C#N)cc2Br)C(=O)N1CC. The van der Waals surface area contributed by atoms with Gasteiger partial charge in [0.15, 0.2) is 16.7 Å². The zero-order valence-corrected chi connectivity index (χ0v) is 20.6. The third kappa shape index (κ3) is 5.34. The molecule has 1 aliphatic rings. The van der Waals surface area contributed by atoms with E-state index in [4.69, 9.17) is 9.47 Å². The molecule has 166 valence electrons. The smallest absolute Gasteiger partial charge is 0.266 e. The Morgan fingerprint density at radius 3 is 2.62 bits per heavy atom. The van der Waals surface area contributed by atoms with Crippen molar-refractivity contribution < 1.29 is 14.3 Å². The summed E-state index contributed by atoms with van der Waals surface area (Å²) in [6.45, 7) is 7.69. The van der Waals surface area contributed by atoms with Gasteiger partial charge in [-0.3, -0.25) is 14.7 Å². The van der Waals surface area contributed by atoms with Crippen LogP contribution in [0, 0.1) is 11.3 Å². The van der Waals surface area contributed by atoms with E-state index in [1.165, 1.54) is 11.8 Å². The molecule has 0 bridgehead atoms. The maximum Gasteiger partial charge on any atom is 0.266 e. The number of hydrogen-bond acceptors (Lipinski definition) is 6. The van der Waals surface area contributed by atoms with Gasteiger partial charge in [-0.05, 0) is 62.4 Å². The van der Waals surface area contributed by atoms with Gasteiger partial charge >= 0.3 is 0 Å². The van der Waals surface area contributed by atoms with E-state index in [0.717, 1.165) is 20.8 Å². The lowest BCUT2D eigenvalue weighted by molar-refractivity contribution is -0.122. The Kier molecular flexibility index (Phi) is 8.37. The second-order valence-electron chi connectivity index (χ2n) is 6.73. The zero-order valence-electron chi connectivity index (χ0n) is 18.2. The maximum atomic E-state index is 12.8. The third-order valence-electron chi connectivity index (χ3n) is 4.67. The van der Waals surface area contributed by atoms with Crippen molar-refractivity contribution >= 4 is 44.8 Å². The van der Waals surface area contributed by atoms with E-state index in [9.17, 15) is 10.1 Å². The highest BCUT2D eigenvalue weighted by atomic mass is 79.9. The number of nitrogens with zero attached hydrogens (tertiary/aromatic N) is 3. The molecule has 1 amide bonds. The third-order valence-corrected chi connectivity index (χ3v) is 6.40. The van der Waals surface area contributed by atoms with E-state index in [2.05, 4.69) is 27.0 Å². The molecule has 0 N–H and O–H groups in total. The molecule has 1 aliphatic heterocycles. The van der Waals surface area contributed by atoms with Crippen LogP contribution in [0.15, 0.2) is 50.8 Å². The first-order valence-electron chi connectivity index (χ1n) is 10.3. The number of ether oxygens (including phenoxy) is 2. The van der Waals surface area contributed by atoms with Crippen molar-refractivity contribution in [1.82, 2.24) is 4.90 Å². The Bertz CT molecular complexity index is 1110. The van der Waals surface area contributed by atoms with Crippen LogP contribution in [0.1, 0.15) is 37.5 Å². The lowest BCUT2D eigenvalue weighted by atomic mass is 10.1. The van der Waals surface area contributed by atoms with Gasteiger partial charge in [-0.15, -0.1) is 0 Å². The van der Waals surface area contributed by atoms with Crippen LogP contribution in [0.3, 0.4) is 0 Å². The van der Waals surface area contributed by atoms with Crippen LogP contribution >= 0.6 is 27.7 Å². The number of likely N-dealkylation sites (N-methyl/N-ethyl adjacent to an activating group) is 1. The van der Waals surface area contributed by atoms with E-state index < -0.39 is 0 Å². The number of benzene rings is 2. The number of halogens is 1. The van der Waals surface area contributed by atoms with E-state index in [1.54, 1.807) is 11.0 Å². The Labute approximate surface area is 201 Å². The fraction of sp³-hybridized carbons (Fsp3) is 0.292. The summed E-state index contributed by atoms with van der Waals surface area (Å²) in [5, 5.41) is 10.0. The fourth-order valence-corrected chi connectivity index (χ4v) is 4.67. The predicted molar refractivity (Wildman–Crippen MR) is 132 cm³/mol. The van der Waals surface area contributed by atoms with Crippen molar-refractivity contribution in [3.63, 3.8) is 0 Å². The van der Waals surface area contributed by atoms with Gasteiger partial charge in [-0.1, -0.05) is 34.1 Å². The Morgan fingerprint density at radius 1 is 1.19 bits per heavy atom. The van der Waals surface area contributed by atoms with Crippen LogP contribution in [0.25, 0.3) is 6.08 Å². The lowest BCUT2D eigenvalue weighted by Crippen LogP contribution is -2.28. The van der Waals surface area contributed by atoms with Crippen molar-refractivity contribution in [2.24, 2.45) is 4.99 Å². The Balaban J connectivity index is 1.90. The molecule has 0 radical (unpaired) electrons. The van der Waals surface area contributed by atoms with Crippen molar-refractivity contribution in [1.29, 1.82) is 5.26 Å². The second kappa shape index (κ2) is 11.2. The monoisotopic (exact) mass is 513 g/mol. The van der Waals surface area contributed by atoms with Crippen LogP contribution in [-0.4, -0.2) is 35.7 Å². The first-order chi connectivity index (χ1) is 15.5. The molecule has 0 atom stereocenters. The molecule has 0 saturated carbocycles. The Morgan fingerprint density at radius 2 is 1.94 bits per heavy atom. The standard InChI is InChI=1S/C24H24BrN3O3S/c1-4-27-24-28(5-2)23(29)22(32-24)12-18-11-20(30-6-3)21(13-19(18)25)31-15-17-10-8-7-9-16(17)14-26/h7-13H,4-6,15H2,1-3H3/b22-12+,27-24?. The molecular weight excluding hydrogens is 490 g/mol. The molecule has 2 aromatic carbocycles. The van der Waals surface area contributed by atoms with Gasteiger partial charge in [0.05, 0.1) is 23.1 Å². The van der Waals surface area contributed by atoms with E-state index >= 15 is 0 Å². The average molecular weight is 514 g/mol. The van der Waals surface area contributed by atoms with Gasteiger partial charge in [0.25, 0.3) is 5.91 Å². The molecule has 0 aromatic heterocycles. The maximum absolute atomic E-state index is 12.8. The molecule has 8 heteroatoms. The molecule has 32 heavy (non-hydrogen) atoms. The number of nitriles is 1. The second-order valence-corrected chi connectivity index (χ2v) is 8.59. The molecule has 1 heterocycles. The molecular formula is C24H24BrN3O3S. The summed E-state index contributed by atoms with van der Waals surface area (Å²) in [5.41, 5.74) is 2.19. The normalized spacial score (nSPS) is 16.0. The summed E-state index contributed by atoms with van der Waals surface area (Å²) in [7, 11) is 0. The topological polar surface area (TPSA) is 74.9 Å². The Hall–Kier alpha value is -2.76. The van der Waals surface area contributed by atoms with Crippen molar-refractivity contribution in [3.8, 4) is 17.6 Å². The number of rotatable bonds is 8. The van der Waals surface area contributed by atoms with Crippen LogP contribution in [0.5, 0.6) is 11.5 Å². The fourth-order valence-electron chi connectivity index (χ4n) is 3.13. The molecule has 1 fully saturated rings. The summed E-state index contributed by atoms with van der Waals surface area (Å²) in [5.74, 6) is 1.08. The predicted octanol–water partition coefficient (Wildman–Crippen LogP) is 5.61. The molecule has 6 nitrogen and oxygen atoms in total. The highest BCUT2D eigenvalue weighted by Crippen LogP contribution is 2.38. The van der Waals surface area contributed by atoms with Gasteiger partial charge < -0.3 is 9.47 Å². The molecule has 0 spiro atoms. The van der Waals surface area contributed by atoms with Gasteiger partial charge in [0, 0.05) is 23.1 Å². The van der Waals surface area contributed by atoms with Gasteiger partial charge in [-0.25, -0.2) is 0 Å². The van der Waals surface area contributed by atoms with Crippen molar-refractivity contribution in [3.05, 3.63) is 62.5 Å². The molecule has 3 rings (SSSR count). The van der Waals surface area contributed by atoms with Crippen LogP contribution in [0.2, 0.25) is 0 Å². The minimum atomic E-state index is -0.0528. The molecule has 1 saturated heterocycles. The number of thioether (sulfide) groups is 1. The lowest BCUT2D eigenvalue weighted by Gasteiger charge is -2.15.